The number of piperazine rings is 1. The average molecular weight is 363 g/mol. The molecular formula is C16H15ClN4O2S. The van der Waals surface area contributed by atoms with Gasteiger partial charge in [0.15, 0.2) is 0 Å². The Labute approximate surface area is 146 Å². The summed E-state index contributed by atoms with van der Waals surface area (Å²) in [7, 11) is -3.54. The summed E-state index contributed by atoms with van der Waals surface area (Å²) in [4.78, 5) is 6.42. The van der Waals surface area contributed by atoms with Crippen LogP contribution < -0.4 is 4.90 Å². The summed E-state index contributed by atoms with van der Waals surface area (Å²) < 4.78 is 26.8. The quantitative estimate of drug-likeness (QED) is 0.835. The van der Waals surface area contributed by atoms with Gasteiger partial charge < -0.3 is 4.90 Å². The number of nitrogens with zero attached hydrogens (tertiary/aromatic N) is 4. The molecule has 0 aliphatic carbocycles. The van der Waals surface area contributed by atoms with Crippen LogP contribution in [0.2, 0.25) is 5.02 Å². The SMILES string of the molecule is N#Cc1cccnc1N1CCN(S(=O)(=O)c2ccc(Cl)cc2)CC1. The number of halogens is 1. The van der Waals surface area contributed by atoms with Gasteiger partial charge in [-0.05, 0) is 36.4 Å². The van der Waals surface area contributed by atoms with Gasteiger partial charge in [0.05, 0.1) is 10.5 Å². The molecule has 1 aromatic carbocycles. The molecule has 2 aromatic rings. The van der Waals surface area contributed by atoms with Gasteiger partial charge in [0, 0.05) is 37.4 Å². The van der Waals surface area contributed by atoms with Crippen LogP contribution in [0.3, 0.4) is 0 Å². The summed E-state index contributed by atoms with van der Waals surface area (Å²) in [6, 6.07) is 11.7. The molecular weight excluding hydrogens is 348 g/mol. The normalized spacial score (nSPS) is 15.9. The lowest BCUT2D eigenvalue weighted by Gasteiger charge is -2.34. The van der Waals surface area contributed by atoms with Crippen molar-refractivity contribution in [1.82, 2.24) is 9.29 Å². The molecule has 1 aliphatic rings. The second-order valence-electron chi connectivity index (χ2n) is 5.33. The predicted molar refractivity (Wildman–Crippen MR) is 91.4 cm³/mol. The van der Waals surface area contributed by atoms with E-state index in [9.17, 15) is 8.42 Å². The van der Waals surface area contributed by atoms with Crippen LogP contribution in [0.1, 0.15) is 5.56 Å². The van der Waals surface area contributed by atoms with Gasteiger partial charge in [0.2, 0.25) is 10.0 Å². The zero-order valence-corrected chi connectivity index (χ0v) is 14.3. The zero-order chi connectivity index (χ0) is 17.2. The van der Waals surface area contributed by atoms with Crippen LogP contribution in [-0.4, -0.2) is 43.9 Å². The fraction of sp³-hybridized carbons (Fsp3) is 0.250. The molecule has 3 rings (SSSR count). The predicted octanol–water partition coefficient (Wildman–Crippen LogP) is 2.12. The van der Waals surface area contributed by atoms with Crippen LogP contribution in [0.25, 0.3) is 0 Å². The molecule has 0 spiro atoms. The Morgan fingerprint density at radius 2 is 1.75 bits per heavy atom. The van der Waals surface area contributed by atoms with E-state index in [-0.39, 0.29) is 4.90 Å². The van der Waals surface area contributed by atoms with E-state index in [1.165, 1.54) is 16.4 Å². The highest BCUT2D eigenvalue weighted by Gasteiger charge is 2.29. The lowest BCUT2D eigenvalue weighted by molar-refractivity contribution is 0.384. The molecule has 0 bridgehead atoms. The van der Waals surface area contributed by atoms with Crippen LogP contribution in [0, 0.1) is 11.3 Å². The lowest BCUT2D eigenvalue weighted by Crippen LogP contribution is -2.49. The van der Waals surface area contributed by atoms with Gasteiger partial charge in [0.1, 0.15) is 11.9 Å². The number of rotatable bonds is 3. The van der Waals surface area contributed by atoms with E-state index in [1.807, 2.05) is 4.90 Å². The molecule has 0 amide bonds. The first kappa shape index (κ1) is 16.7. The minimum Gasteiger partial charge on any atom is -0.353 e. The van der Waals surface area contributed by atoms with Crippen LogP contribution >= 0.6 is 11.6 Å². The molecule has 1 aromatic heterocycles. The number of hydrogen-bond donors (Lipinski definition) is 0. The van der Waals surface area contributed by atoms with Crippen LogP contribution in [0.5, 0.6) is 0 Å². The van der Waals surface area contributed by atoms with Gasteiger partial charge in [-0.1, -0.05) is 11.6 Å². The molecule has 0 radical (unpaired) electrons. The van der Waals surface area contributed by atoms with Crippen molar-refractivity contribution in [3.63, 3.8) is 0 Å². The fourth-order valence-electron chi connectivity index (χ4n) is 2.63. The zero-order valence-electron chi connectivity index (χ0n) is 12.8. The molecule has 2 heterocycles. The summed E-state index contributed by atoms with van der Waals surface area (Å²) in [5.74, 6) is 0.601. The fourth-order valence-corrected chi connectivity index (χ4v) is 4.18. The van der Waals surface area contributed by atoms with E-state index in [1.54, 1.807) is 30.5 Å². The number of anilines is 1. The molecule has 0 atom stereocenters. The van der Waals surface area contributed by atoms with E-state index >= 15 is 0 Å². The van der Waals surface area contributed by atoms with Crippen molar-refractivity contribution in [3.8, 4) is 6.07 Å². The van der Waals surface area contributed by atoms with Gasteiger partial charge in [-0.25, -0.2) is 13.4 Å². The van der Waals surface area contributed by atoms with Gasteiger partial charge in [-0.2, -0.15) is 9.57 Å². The Kier molecular flexibility index (Phi) is 4.71. The second-order valence-corrected chi connectivity index (χ2v) is 7.71. The first-order valence-corrected chi connectivity index (χ1v) is 9.20. The van der Waals surface area contributed by atoms with Crippen LogP contribution in [-0.2, 0) is 10.0 Å². The molecule has 124 valence electrons. The standard InChI is InChI=1S/C16H15ClN4O2S/c17-14-3-5-15(6-4-14)24(22,23)21-10-8-20(9-11-21)16-13(12-18)2-1-7-19-16/h1-7H,8-11H2. The maximum Gasteiger partial charge on any atom is 0.243 e. The van der Waals surface area contributed by atoms with Crippen molar-refractivity contribution in [1.29, 1.82) is 5.26 Å². The highest BCUT2D eigenvalue weighted by Crippen LogP contribution is 2.22. The average Bonchev–Trinajstić information content (AvgIpc) is 2.62. The Bertz CT molecular complexity index is 870. The number of nitriles is 1. The van der Waals surface area contributed by atoms with E-state index in [0.29, 0.717) is 42.6 Å². The van der Waals surface area contributed by atoms with Crippen molar-refractivity contribution < 1.29 is 8.42 Å². The Morgan fingerprint density at radius 3 is 2.38 bits per heavy atom. The second kappa shape index (κ2) is 6.77. The number of sulfonamides is 1. The summed E-state index contributed by atoms with van der Waals surface area (Å²) in [6.07, 6.45) is 1.63. The van der Waals surface area contributed by atoms with Gasteiger partial charge in [-0.3, -0.25) is 0 Å². The molecule has 0 unspecified atom stereocenters. The monoisotopic (exact) mass is 362 g/mol. The van der Waals surface area contributed by atoms with Crippen molar-refractivity contribution >= 4 is 27.4 Å². The number of aromatic nitrogens is 1. The smallest absolute Gasteiger partial charge is 0.243 e. The number of hydrogen-bond acceptors (Lipinski definition) is 5. The third-order valence-electron chi connectivity index (χ3n) is 3.90. The summed E-state index contributed by atoms with van der Waals surface area (Å²) in [6.45, 7) is 1.65. The first-order valence-electron chi connectivity index (χ1n) is 7.38. The van der Waals surface area contributed by atoms with Gasteiger partial charge >= 0.3 is 0 Å². The van der Waals surface area contributed by atoms with E-state index in [0.717, 1.165) is 0 Å². The van der Waals surface area contributed by atoms with Crippen LogP contribution in [0.15, 0.2) is 47.5 Å². The lowest BCUT2D eigenvalue weighted by atomic mass is 10.2. The first-order chi connectivity index (χ1) is 11.5. The molecule has 24 heavy (non-hydrogen) atoms. The van der Waals surface area contributed by atoms with Crippen molar-refractivity contribution in [2.24, 2.45) is 0 Å². The van der Waals surface area contributed by atoms with Gasteiger partial charge in [-0.15, -0.1) is 0 Å². The van der Waals surface area contributed by atoms with Crippen molar-refractivity contribution in [2.45, 2.75) is 4.90 Å². The maximum atomic E-state index is 12.7. The van der Waals surface area contributed by atoms with Gasteiger partial charge in [0.25, 0.3) is 0 Å². The van der Waals surface area contributed by atoms with Crippen molar-refractivity contribution in [2.75, 3.05) is 31.1 Å². The Morgan fingerprint density at radius 1 is 1.08 bits per heavy atom. The van der Waals surface area contributed by atoms with E-state index in [4.69, 9.17) is 16.9 Å². The maximum absolute atomic E-state index is 12.7. The summed E-state index contributed by atoms with van der Waals surface area (Å²) >= 11 is 5.81. The highest BCUT2D eigenvalue weighted by atomic mass is 35.5. The molecule has 0 saturated carbocycles. The van der Waals surface area contributed by atoms with Crippen LogP contribution in [0.4, 0.5) is 5.82 Å². The van der Waals surface area contributed by atoms with E-state index < -0.39 is 10.0 Å². The van der Waals surface area contributed by atoms with E-state index in [2.05, 4.69) is 11.1 Å². The molecule has 6 nitrogen and oxygen atoms in total. The summed E-state index contributed by atoms with van der Waals surface area (Å²) in [5, 5.41) is 9.67. The minimum absolute atomic E-state index is 0.232. The minimum atomic E-state index is -3.54. The molecule has 1 saturated heterocycles. The third-order valence-corrected chi connectivity index (χ3v) is 6.06. The Hall–Kier alpha value is -2.14. The summed E-state index contributed by atoms with van der Waals surface area (Å²) in [5.41, 5.74) is 0.492. The highest BCUT2D eigenvalue weighted by molar-refractivity contribution is 7.89. The Balaban J connectivity index is 1.75. The molecule has 1 aliphatic heterocycles. The third kappa shape index (κ3) is 3.22. The number of benzene rings is 1. The largest absolute Gasteiger partial charge is 0.353 e. The number of pyridine rings is 1. The molecule has 1 fully saturated rings. The molecule has 0 N–H and O–H groups in total. The molecule has 8 heteroatoms. The van der Waals surface area contributed by atoms with Crippen molar-refractivity contribution in [3.05, 3.63) is 53.2 Å². The topological polar surface area (TPSA) is 77.3 Å².